The van der Waals surface area contributed by atoms with Gasteiger partial charge in [-0.15, -0.1) is 0 Å². The molecule has 1 saturated heterocycles. The maximum absolute atomic E-state index is 14.5. The van der Waals surface area contributed by atoms with Gasteiger partial charge in [0.15, 0.2) is 5.11 Å². The fraction of sp³-hybridized carbons (Fsp3) is 0.273. The molecule has 0 bridgehead atoms. The number of halogens is 1. The number of thiocarbonyl (C=S) groups is 1. The fourth-order valence-corrected chi connectivity index (χ4v) is 4.13. The van der Waals surface area contributed by atoms with Crippen molar-refractivity contribution in [3.63, 3.8) is 0 Å². The Morgan fingerprint density at radius 3 is 2.68 bits per heavy atom. The van der Waals surface area contributed by atoms with Crippen LogP contribution < -0.4 is 5.32 Å². The number of aromatic nitrogens is 2. The molecule has 1 N–H and O–H groups in total. The van der Waals surface area contributed by atoms with Crippen LogP contribution in [0.3, 0.4) is 0 Å². The molecule has 28 heavy (non-hydrogen) atoms. The number of nitrogens with one attached hydrogen (secondary N) is 1. The van der Waals surface area contributed by atoms with E-state index in [4.69, 9.17) is 12.2 Å². The van der Waals surface area contributed by atoms with Crippen LogP contribution in [0.2, 0.25) is 0 Å². The van der Waals surface area contributed by atoms with Crippen LogP contribution in [0, 0.1) is 5.82 Å². The molecule has 1 aliphatic rings. The summed E-state index contributed by atoms with van der Waals surface area (Å²) < 4.78 is 16.4. The predicted molar refractivity (Wildman–Crippen MR) is 113 cm³/mol. The Morgan fingerprint density at radius 1 is 1.11 bits per heavy atom. The third kappa shape index (κ3) is 3.40. The topological polar surface area (TPSA) is 33.1 Å². The molecule has 0 spiro atoms. The molecule has 1 aliphatic heterocycles. The molecule has 0 unspecified atom stereocenters. The molecule has 2 atom stereocenters. The molecular weight excluding hydrogens is 371 g/mol. The largest absolute Gasteiger partial charge is 0.352 e. The van der Waals surface area contributed by atoms with E-state index in [1.54, 1.807) is 18.3 Å². The normalized spacial score (nSPS) is 19.1. The lowest BCUT2D eigenvalue weighted by Gasteiger charge is -2.29. The number of benzene rings is 1. The second-order valence-corrected chi connectivity index (χ2v) is 7.31. The molecule has 1 fully saturated rings. The van der Waals surface area contributed by atoms with Gasteiger partial charge in [-0.1, -0.05) is 31.5 Å². The van der Waals surface area contributed by atoms with Crippen LogP contribution >= 0.6 is 12.2 Å². The first-order valence-corrected chi connectivity index (χ1v) is 10.0. The van der Waals surface area contributed by atoms with Crippen LogP contribution in [-0.2, 0) is 0 Å². The van der Waals surface area contributed by atoms with Gasteiger partial charge in [-0.25, -0.2) is 4.39 Å². The highest BCUT2D eigenvalue weighted by Crippen LogP contribution is 2.39. The molecule has 1 aromatic carbocycles. The first-order chi connectivity index (χ1) is 13.7. The summed E-state index contributed by atoms with van der Waals surface area (Å²) in [4.78, 5) is 6.77. The van der Waals surface area contributed by atoms with E-state index < -0.39 is 0 Å². The molecule has 2 aromatic heterocycles. The van der Waals surface area contributed by atoms with Crippen molar-refractivity contribution in [3.8, 4) is 5.69 Å². The Bertz CT molecular complexity index is 956. The average Bonchev–Trinajstić information content (AvgIpc) is 3.31. The zero-order chi connectivity index (χ0) is 19.5. The van der Waals surface area contributed by atoms with E-state index in [9.17, 15) is 4.39 Å². The number of rotatable bonds is 6. The summed E-state index contributed by atoms with van der Waals surface area (Å²) in [5.41, 5.74) is 2.45. The van der Waals surface area contributed by atoms with E-state index in [0.29, 0.717) is 5.69 Å². The Hall–Kier alpha value is -2.73. The molecule has 0 amide bonds. The third-order valence-corrected chi connectivity index (χ3v) is 5.50. The highest BCUT2D eigenvalue weighted by molar-refractivity contribution is 7.80. The summed E-state index contributed by atoms with van der Waals surface area (Å²) in [7, 11) is 0. The van der Waals surface area contributed by atoms with Crippen molar-refractivity contribution in [2.24, 2.45) is 0 Å². The van der Waals surface area contributed by atoms with Gasteiger partial charge in [-0.2, -0.15) is 0 Å². The molecule has 3 aromatic rings. The van der Waals surface area contributed by atoms with Crippen LogP contribution in [0.4, 0.5) is 4.39 Å². The van der Waals surface area contributed by atoms with E-state index in [-0.39, 0.29) is 17.9 Å². The molecule has 4 rings (SSSR count). The monoisotopic (exact) mass is 394 g/mol. The van der Waals surface area contributed by atoms with E-state index in [2.05, 4.69) is 22.1 Å². The summed E-state index contributed by atoms with van der Waals surface area (Å²) in [6, 6.07) is 16.6. The minimum absolute atomic E-state index is 0.0662. The number of hydrogen-bond acceptors (Lipinski definition) is 2. The van der Waals surface area contributed by atoms with Gasteiger partial charge in [0, 0.05) is 24.6 Å². The maximum atomic E-state index is 14.5. The quantitative estimate of drug-likeness (QED) is 0.610. The van der Waals surface area contributed by atoms with Gasteiger partial charge < -0.3 is 14.8 Å². The zero-order valence-corrected chi connectivity index (χ0v) is 16.6. The lowest BCUT2D eigenvalue weighted by molar-refractivity contribution is 0.304. The van der Waals surface area contributed by atoms with Crippen LogP contribution in [0.25, 0.3) is 5.69 Å². The number of unbranched alkanes of at least 4 members (excludes halogenated alkanes) is 1. The SMILES string of the molecule is CCCCN1C(=S)N[C@H](c2ccccn2)[C@@H]1c1cccn1-c1ccccc1F. The number of para-hydroxylation sites is 1. The molecular formula is C22H23FN4S. The molecule has 144 valence electrons. The number of hydrogen-bond donors (Lipinski definition) is 1. The van der Waals surface area contributed by atoms with Crippen molar-refractivity contribution in [2.45, 2.75) is 31.8 Å². The van der Waals surface area contributed by atoms with Gasteiger partial charge in [-0.3, -0.25) is 4.98 Å². The first-order valence-electron chi connectivity index (χ1n) is 9.61. The Balaban J connectivity index is 1.81. The second kappa shape index (κ2) is 8.10. The Labute approximate surface area is 170 Å². The summed E-state index contributed by atoms with van der Waals surface area (Å²) in [6.45, 7) is 3.01. The number of pyridine rings is 1. The summed E-state index contributed by atoms with van der Waals surface area (Å²) in [5, 5.41) is 4.17. The van der Waals surface area contributed by atoms with Crippen molar-refractivity contribution >= 4 is 17.3 Å². The van der Waals surface area contributed by atoms with Gasteiger partial charge >= 0.3 is 0 Å². The van der Waals surface area contributed by atoms with Gasteiger partial charge in [0.1, 0.15) is 5.82 Å². The number of nitrogens with zero attached hydrogens (tertiary/aromatic N) is 3. The van der Waals surface area contributed by atoms with E-state index in [1.807, 2.05) is 47.2 Å². The van der Waals surface area contributed by atoms with Crippen molar-refractivity contribution in [1.82, 2.24) is 19.8 Å². The van der Waals surface area contributed by atoms with Crippen molar-refractivity contribution in [1.29, 1.82) is 0 Å². The average molecular weight is 395 g/mol. The standard InChI is InChI=1S/C22H23FN4S/c1-2-3-14-27-21(20(25-22(27)28)17-10-6-7-13-24-17)19-12-8-15-26(19)18-11-5-4-9-16(18)23/h4-13,15,20-21H,2-3,14H2,1H3,(H,25,28)/t20-,21+/m1/s1. The lowest BCUT2D eigenvalue weighted by Crippen LogP contribution is -2.31. The fourth-order valence-electron chi connectivity index (χ4n) is 3.80. The zero-order valence-electron chi connectivity index (χ0n) is 15.8. The summed E-state index contributed by atoms with van der Waals surface area (Å²) >= 11 is 5.67. The molecule has 0 aliphatic carbocycles. The minimum Gasteiger partial charge on any atom is -0.352 e. The van der Waals surface area contributed by atoms with E-state index in [0.717, 1.165) is 35.9 Å². The van der Waals surface area contributed by atoms with Crippen LogP contribution in [0.1, 0.15) is 43.2 Å². The highest BCUT2D eigenvalue weighted by atomic mass is 32.1. The summed E-state index contributed by atoms with van der Waals surface area (Å²) in [5.74, 6) is -0.247. The molecule has 6 heteroatoms. The van der Waals surface area contributed by atoms with Gasteiger partial charge in [-0.05, 0) is 55.0 Å². The van der Waals surface area contributed by atoms with E-state index in [1.165, 1.54) is 6.07 Å². The lowest BCUT2D eigenvalue weighted by atomic mass is 10.0. The van der Waals surface area contributed by atoms with Crippen LogP contribution in [0.5, 0.6) is 0 Å². The van der Waals surface area contributed by atoms with E-state index >= 15 is 0 Å². The van der Waals surface area contributed by atoms with Crippen LogP contribution in [-0.4, -0.2) is 26.1 Å². The Kier molecular flexibility index (Phi) is 5.39. The molecule has 3 heterocycles. The molecule has 4 nitrogen and oxygen atoms in total. The van der Waals surface area contributed by atoms with Crippen molar-refractivity contribution < 1.29 is 4.39 Å². The smallest absolute Gasteiger partial charge is 0.170 e. The minimum atomic E-state index is -0.247. The van der Waals surface area contributed by atoms with Crippen molar-refractivity contribution in [2.75, 3.05) is 6.54 Å². The summed E-state index contributed by atoms with van der Waals surface area (Å²) in [6.07, 6.45) is 5.81. The van der Waals surface area contributed by atoms with Gasteiger partial charge in [0.25, 0.3) is 0 Å². The third-order valence-electron chi connectivity index (χ3n) is 5.15. The van der Waals surface area contributed by atoms with Crippen LogP contribution in [0.15, 0.2) is 67.0 Å². The van der Waals surface area contributed by atoms with Crippen molar-refractivity contribution in [3.05, 3.63) is 84.2 Å². The molecule has 0 radical (unpaired) electrons. The second-order valence-electron chi connectivity index (χ2n) is 6.93. The first kappa shape index (κ1) is 18.6. The predicted octanol–water partition coefficient (Wildman–Crippen LogP) is 4.78. The highest BCUT2D eigenvalue weighted by Gasteiger charge is 2.40. The maximum Gasteiger partial charge on any atom is 0.170 e. The van der Waals surface area contributed by atoms with Gasteiger partial charge in [0.05, 0.1) is 23.5 Å². The Morgan fingerprint density at radius 2 is 1.93 bits per heavy atom. The van der Waals surface area contributed by atoms with Gasteiger partial charge in [0.2, 0.25) is 0 Å². The molecule has 0 saturated carbocycles.